The maximum atomic E-state index is 13.0. The molecule has 0 radical (unpaired) electrons. The number of hydrogen-bond donors (Lipinski definition) is 4. The van der Waals surface area contributed by atoms with Gasteiger partial charge in [-0.15, -0.1) is 0 Å². The third kappa shape index (κ3) is 6.85. The fourth-order valence-electron chi connectivity index (χ4n) is 6.07. The maximum Gasteiger partial charge on any atom is 0.405 e. The molecule has 4 N–H and O–H groups in total. The molecule has 0 saturated heterocycles. The molecule has 3 aromatic rings. The normalized spacial score (nSPS) is 20.0. The van der Waals surface area contributed by atoms with Gasteiger partial charge < -0.3 is 15.7 Å². The molecule has 0 unspecified atom stereocenters. The van der Waals surface area contributed by atoms with Crippen molar-refractivity contribution in [3.05, 3.63) is 58.4 Å². The molecule has 224 valence electrons. The van der Waals surface area contributed by atoms with Crippen molar-refractivity contribution in [3.8, 4) is 22.4 Å². The summed E-state index contributed by atoms with van der Waals surface area (Å²) < 4.78 is 26.5. The highest BCUT2D eigenvalue weighted by atomic mass is 32.2. The van der Waals surface area contributed by atoms with Crippen LogP contribution in [0.3, 0.4) is 0 Å². The van der Waals surface area contributed by atoms with Gasteiger partial charge in [0.25, 0.3) is 0 Å². The van der Waals surface area contributed by atoms with Crippen LogP contribution in [-0.4, -0.2) is 42.3 Å². The average Bonchev–Trinajstić information content (AvgIpc) is 3.37. The maximum absolute atomic E-state index is 13.0. The third-order valence-corrected chi connectivity index (χ3v) is 10.9. The van der Waals surface area contributed by atoms with Crippen LogP contribution in [0.25, 0.3) is 22.4 Å². The van der Waals surface area contributed by atoms with Gasteiger partial charge in [-0.2, -0.15) is 11.3 Å². The number of benzene rings is 1. The summed E-state index contributed by atoms with van der Waals surface area (Å²) in [7, 11) is -3.22. The van der Waals surface area contributed by atoms with Crippen LogP contribution < -0.4 is 15.4 Å². The average molecular weight is 611 g/mol. The van der Waals surface area contributed by atoms with E-state index in [-0.39, 0.29) is 23.6 Å². The van der Waals surface area contributed by atoms with E-state index in [1.165, 1.54) is 0 Å². The molecule has 11 heteroatoms. The van der Waals surface area contributed by atoms with E-state index in [1.54, 1.807) is 24.5 Å². The molecule has 2 aromatic heterocycles. The Hall–Kier alpha value is -3.28. The number of nitrogens with one attached hydrogen (secondary N) is 3. The summed E-state index contributed by atoms with van der Waals surface area (Å²) in [6.45, 7) is 3.69. The van der Waals surface area contributed by atoms with Crippen molar-refractivity contribution >= 4 is 39.0 Å². The summed E-state index contributed by atoms with van der Waals surface area (Å²) in [5.41, 5.74) is 5.86. The second-order valence-corrected chi connectivity index (χ2v) is 14.3. The molecular formula is C31H38N4O5S2. The highest BCUT2D eigenvalue weighted by Crippen LogP contribution is 2.42. The van der Waals surface area contributed by atoms with Crippen LogP contribution in [0.15, 0.2) is 47.3 Å². The van der Waals surface area contributed by atoms with Crippen molar-refractivity contribution in [1.82, 2.24) is 15.0 Å². The molecule has 5 rings (SSSR count). The van der Waals surface area contributed by atoms with Crippen LogP contribution in [0.4, 0.5) is 10.5 Å². The Morgan fingerprint density at radius 2 is 1.79 bits per heavy atom. The quantitative estimate of drug-likeness (QED) is 0.214. The lowest BCUT2D eigenvalue weighted by Crippen LogP contribution is -2.50. The van der Waals surface area contributed by atoms with E-state index in [9.17, 15) is 23.1 Å². The number of aryl methyl sites for hydroxylation is 1. The SMILES string of the molecule is CCS(=O)(=O)NC1CCC(CC(=O)Nc2cnc(-c3ccc(C4(NC(=O)O)CCC4)cc3)c(-c3cscc3C)c2)CC1. The summed E-state index contributed by atoms with van der Waals surface area (Å²) >= 11 is 1.61. The van der Waals surface area contributed by atoms with E-state index >= 15 is 0 Å². The molecule has 2 amide bonds. The summed E-state index contributed by atoms with van der Waals surface area (Å²) in [6, 6.07) is 9.86. The first-order chi connectivity index (χ1) is 20.1. The molecule has 2 aliphatic rings. The summed E-state index contributed by atoms with van der Waals surface area (Å²) in [6.07, 6.45) is 6.69. The lowest BCUT2D eigenvalue weighted by Gasteiger charge is -2.42. The van der Waals surface area contributed by atoms with Gasteiger partial charge in [0.05, 0.1) is 28.9 Å². The van der Waals surface area contributed by atoms with E-state index in [1.807, 2.05) is 30.3 Å². The second kappa shape index (κ2) is 12.5. The fraction of sp³-hybridized carbons (Fsp3) is 0.452. The van der Waals surface area contributed by atoms with E-state index in [0.29, 0.717) is 12.1 Å². The lowest BCUT2D eigenvalue weighted by molar-refractivity contribution is -0.117. The zero-order valence-corrected chi connectivity index (χ0v) is 25.6. The molecule has 9 nitrogen and oxygen atoms in total. The number of sulfonamides is 1. The van der Waals surface area contributed by atoms with Gasteiger partial charge in [-0.1, -0.05) is 24.3 Å². The zero-order chi connectivity index (χ0) is 29.9. The number of nitrogens with zero attached hydrogens (tertiary/aromatic N) is 1. The third-order valence-electron chi connectivity index (χ3n) is 8.63. The molecule has 2 aliphatic carbocycles. The minimum absolute atomic E-state index is 0.0517. The number of amides is 2. The minimum atomic E-state index is -3.22. The number of anilines is 1. The zero-order valence-electron chi connectivity index (χ0n) is 24.0. The standard InChI is InChI=1S/C31H38N4O5S2/c1-3-42(39,40)35-24-11-5-21(6-12-24)15-28(36)33-25-16-26(27-19-41-18-20(27)2)29(32-17-25)22-7-9-23(10-8-22)31(13-4-14-31)34-30(37)38/h7-10,16-19,21,24,34-35H,3-6,11-15H2,1-2H3,(H,33,36)(H,37,38). The summed E-state index contributed by atoms with van der Waals surface area (Å²) in [5.74, 6) is 0.216. The van der Waals surface area contributed by atoms with E-state index < -0.39 is 21.7 Å². The number of carbonyl (C=O) groups excluding carboxylic acids is 1. The Labute approximate surface area is 251 Å². The van der Waals surface area contributed by atoms with Gasteiger partial charge in [-0.3, -0.25) is 9.78 Å². The molecule has 2 heterocycles. The number of carbonyl (C=O) groups is 2. The van der Waals surface area contributed by atoms with Gasteiger partial charge in [-0.25, -0.2) is 17.9 Å². The Morgan fingerprint density at radius 3 is 2.36 bits per heavy atom. The first kappa shape index (κ1) is 30.2. The molecular weight excluding hydrogens is 572 g/mol. The highest BCUT2D eigenvalue weighted by Gasteiger charge is 2.40. The van der Waals surface area contributed by atoms with Gasteiger partial charge in [0, 0.05) is 23.6 Å². The molecule has 2 saturated carbocycles. The van der Waals surface area contributed by atoms with Crippen LogP contribution in [0, 0.1) is 12.8 Å². The first-order valence-corrected chi connectivity index (χ1v) is 17.1. The number of thiophene rings is 1. The smallest absolute Gasteiger partial charge is 0.405 e. The van der Waals surface area contributed by atoms with Crippen molar-refractivity contribution < 1.29 is 23.1 Å². The predicted molar refractivity (Wildman–Crippen MR) is 166 cm³/mol. The molecule has 0 aliphatic heterocycles. The molecule has 1 aromatic carbocycles. The van der Waals surface area contributed by atoms with Crippen molar-refractivity contribution in [2.24, 2.45) is 5.92 Å². The van der Waals surface area contributed by atoms with Crippen molar-refractivity contribution in [2.75, 3.05) is 11.1 Å². The van der Waals surface area contributed by atoms with Crippen LogP contribution >= 0.6 is 11.3 Å². The minimum Gasteiger partial charge on any atom is -0.465 e. The Balaban J connectivity index is 1.30. The Bertz CT molecular complexity index is 1540. The van der Waals surface area contributed by atoms with Gasteiger partial charge in [0.1, 0.15) is 0 Å². The Kier molecular flexibility index (Phi) is 9.00. The molecule has 0 bridgehead atoms. The first-order valence-electron chi connectivity index (χ1n) is 14.5. The van der Waals surface area contributed by atoms with Gasteiger partial charge >= 0.3 is 6.09 Å². The monoisotopic (exact) mass is 610 g/mol. The predicted octanol–water partition coefficient (Wildman–Crippen LogP) is 6.26. The number of carboxylic acid groups (broad SMARTS) is 1. The topological polar surface area (TPSA) is 137 Å². The van der Waals surface area contributed by atoms with E-state index in [2.05, 4.69) is 33.0 Å². The number of hydrogen-bond acceptors (Lipinski definition) is 6. The van der Waals surface area contributed by atoms with Crippen LogP contribution in [0.1, 0.15) is 69.4 Å². The van der Waals surface area contributed by atoms with Crippen LogP contribution in [0.2, 0.25) is 0 Å². The second-order valence-electron chi connectivity index (χ2n) is 11.5. The Morgan fingerprint density at radius 1 is 1.07 bits per heavy atom. The van der Waals surface area contributed by atoms with Gasteiger partial charge in [0.15, 0.2) is 0 Å². The number of aromatic nitrogens is 1. The number of pyridine rings is 1. The fourth-order valence-corrected chi connectivity index (χ4v) is 7.83. The van der Waals surface area contributed by atoms with E-state index in [4.69, 9.17) is 4.98 Å². The van der Waals surface area contributed by atoms with E-state index in [0.717, 1.165) is 78.5 Å². The molecule has 42 heavy (non-hydrogen) atoms. The van der Waals surface area contributed by atoms with Gasteiger partial charge in [-0.05, 0) is 98.2 Å². The van der Waals surface area contributed by atoms with Crippen molar-refractivity contribution in [1.29, 1.82) is 0 Å². The van der Waals surface area contributed by atoms with Crippen molar-refractivity contribution in [3.63, 3.8) is 0 Å². The van der Waals surface area contributed by atoms with Crippen LogP contribution in [0.5, 0.6) is 0 Å². The molecule has 2 fully saturated rings. The molecule has 0 atom stereocenters. The number of rotatable bonds is 10. The van der Waals surface area contributed by atoms with Crippen molar-refractivity contribution in [2.45, 2.75) is 76.8 Å². The highest BCUT2D eigenvalue weighted by molar-refractivity contribution is 7.89. The summed E-state index contributed by atoms with van der Waals surface area (Å²) in [5, 5.41) is 19.3. The molecule has 0 spiro atoms. The largest absolute Gasteiger partial charge is 0.465 e. The van der Waals surface area contributed by atoms with Gasteiger partial charge in [0.2, 0.25) is 15.9 Å². The summed E-state index contributed by atoms with van der Waals surface area (Å²) in [4.78, 5) is 29.2. The lowest BCUT2D eigenvalue weighted by atomic mass is 9.71. The van der Waals surface area contributed by atoms with Crippen LogP contribution in [-0.2, 0) is 20.4 Å².